The molecule has 0 fully saturated rings. The third-order valence-corrected chi connectivity index (χ3v) is 8.48. The molecule has 1 aliphatic carbocycles. The number of alkyl halides is 1. The van der Waals surface area contributed by atoms with E-state index >= 15 is 0 Å². The largest absolute Gasteiger partial charge is 0.507 e. The van der Waals surface area contributed by atoms with E-state index in [0.717, 1.165) is 39.5 Å². The van der Waals surface area contributed by atoms with Crippen LogP contribution in [0.4, 0.5) is 10.5 Å². The number of phenols is 1. The van der Waals surface area contributed by atoms with Crippen LogP contribution < -0.4 is 10.2 Å². The Bertz CT molecular complexity index is 1610. The van der Waals surface area contributed by atoms with Crippen LogP contribution in [0.5, 0.6) is 5.75 Å². The maximum Gasteiger partial charge on any atom is 0.407 e. The number of halogens is 1. The van der Waals surface area contributed by atoms with E-state index in [-0.39, 0.29) is 48.8 Å². The van der Waals surface area contributed by atoms with Gasteiger partial charge in [0.15, 0.2) is 0 Å². The highest BCUT2D eigenvalue weighted by Crippen LogP contribution is 2.46. The number of amides is 2. The Hall–Kier alpha value is -4.36. The van der Waals surface area contributed by atoms with Crippen molar-refractivity contribution in [3.63, 3.8) is 0 Å². The number of alkyl carbamates (subject to hydrolysis) is 1. The molecule has 0 bridgehead atoms. The van der Waals surface area contributed by atoms with Gasteiger partial charge < -0.3 is 24.9 Å². The smallest absolute Gasteiger partial charge is 0.407 e. The van der Waals surface area contributed by atoms with Gasteiger partial charge in [0.05, 0.1) is 5.69 Å². The van der Waals surface area contributed by atoms with Crippen LogP contribution in [0.25, 0.3) is 21.9 Å². The molecule has 41 heavy (non-hydrogen) atoms. The number of carbonyl (C=O) groups is 3. The first-order valence-corrected chi connectivity index (χ1v) is 14.2. The van der Waals surface area contributed by atoms with Crippen LogP contribution in [-0.4, -0.2) is 48.5 Å². The summed E-state index contributed by atoms with van der Waals surface area (Å²) in [5.41, 5.74) is 5.85. The Kier molecular flexibility index (Phi) is 7.37. The predicted molar refractivity (Wildman–Crippen MR) is 159 cm³/mol. The molecule has 0 saturated heterocycles. The number of hydrogen-bond donors (Lipinski definition) is 2. The molecule has 1 aliphatic heterocycles. The molecule has 0 aromatic heterocycles. The summed E-state index contributed by atoms with van der Waals surface area (Å²) in [6.07, 6.45) is 0.191. The number of fused-ring (bicyclic) bond motifs is 6. The summed E-state index contributed by atoms with van der Waals surface area (Å²) in [5, 5.41) is 15.0. The van der Waals surface area contributed by atoms with Crippen molar-refractivity contribution in [2.24, 2.45) is 0 Å². The summed E-state index contributed by atoms with van der Waals surface area (Å²) < 4.78 is 5.68. The monoisotopic (exact) mass is 568 g/mol. The third kappa shape index (κ3) is 4.80. The zero-order chi connectivity index (χ0) is 28.5. The number of nitrogens with zero attached hydrogens (tertiary/aromatic N) is 1. The molecule has 0 spiro atoms. The fraction of sp³-hybridized carbons (Fsp3) is 0.242. The topological polar surface area (TPSA) is 95.9 Å². The van der Waals surface area contributed by atoms with Gasteiger partial charge in [-0.25, -0.2) is 4.79 Å². The molecule has 208 valence electrons. The van der Waals surface area contributed by atoms with E-state index in [2.05, 4.69) is 17.4 Å². The highest BCUT2D eigenvalue weighted by atomic mass is 35.5. The number of aromatic hydroxyl groups is 1. The third-order valence-electron chi connectivity index (χ3n) is 8.10. The number of rotatable bonds is 8. The summed E-state index contributed by atoms with van der Waals surface area (Å²) in [5.74, 6) is -0.319. The zero-order valence-electron chi connectivity index (χ0n) is 22.3. The molecule has 4 aromatic rings. The van der Waals surface area contributed by atoms with Crippen molar-refractivity contribution in [3.05, 3.63) is 95.6 Å². The zero-order valence-corrected chi connectivity index (χ0v) is 23.0. The number of aldehydes is 1. The van der Waals surface area contributed by atoms with Crippen molar-refractivity contribution >= 4 is 46.3 Å². The number of anilines is 1. The van der Waals surface area contributed by atoms with Crippen LogP contribution in [-0.2, 0) is 14.3 Å². The van der Waals surface area contributed by atoms with E-state index in [1.165, 1.54) is 0 Å². The Morgan fingerprint density at radius 2 is 1.63 bits per heavy atom. The number of ether oxygens (including phenoxy) is 1. The van der Waals surface area contributed by atoms with Gasteiger partial charge in [-0.1, -0.05) is 72.8 Å². The molecule has 8 heteroatoms. The SMILES string of the molecule is O=CCCC(NC(=O)OCC1c2ccccc2-c2ccccc21)C(=O)N1CC(CCl)c2c1cc(O)c1ccccc21. The molecular weight excluding hydrogens is 540 g/mol. The number of hydrogen-bond acceptors (Lipinski definition) is 5. The lowest BCUT2D eigenvalue weighted by molar-refractivity contribution is -0.120. The van der Waals surface area contributed by atoms with E-state index in [4.69, 9.17) is 16.3 Å². The van der Waals surface area contributed by atoms with Gasteiger partial charge in [0.25, 0.3) is 0 Å². The van der Waals surface area contributed by atoms with Gasteiger partial charge >= 0.3 is 6.09 Å². The maximum absolute atomic E-state index is 13.9. The van der Waals surface area contributed by atoms with Crippen molar-refractivity contribution in [1.29, 1.82) is 0 Å². The van der Waals surface area contributed by atoms with Crippen molar-refractivity contribution in [2.45, 2.75) is 30.7 Å². The highest BCUT2D eigenvalue weighted by molar-refractivity contribution is 6.19. The molecule has 2 N–H and O–H groups in total. The van der Waals surface area contributed by atoms with E-state index < -0.39 is 12.1 Å². The minimum absolute atomic E-state index is 0.0568. The van der Waals surface area contributed by atoms with Crippen LogP contribution in [0, 0.1) is 0 Å². The fourth-order valence-electron chi connectivity index (χ4n) is 6.22. The van der Waals surface area contributed by atoms with Crippen molar-refractivity contribution in [3.8, 4) is 16.9 Å². The number of carbonyl (C=O) groups excluding carboxylic acids is 3. The van der Waals surface area contributed by atoms with E-state index in [1.54, 1.807) is 11.0 Å². The molecule has 4 aromatic carbocycles. The van der Waals surface area contributed by atoms with Gasteiger partial charge in [-0.3, -0.25) is 4.79 Å². The Balaban J connectivity index is 1.22. The van der Waals surface area contributed by atoms with Crippen LogP contribution in [0.1, 0.15) is 41.4 Å². The standard InChI is InChI=1S/C33H29ClN2O5/c34-17-20-18-36(29-16-30(38)25-12-5-6-13-26(25)31(20)29)32(39)28(14-7-15-37)35-33(40)41-19-27-23-10-3-1-8-21(23)22-9-2-4-11-24(22)27/h1-6,8-13,15-16,20,27-28,38H,7,14,17-19H2,(H,35,40). The molecule has 2 amide bonds. The first kappa shape index (κ1) is 26.8. The Morgan fingerprint density at radius 3 is 2.29 bits per heavy atom. The molecule has 7 nitrogen and oxygen atoms in total. The van der Waals surface area contributed by atoms with Crippen LogP contribution in [0.15, 0.2) is 78.9 Å². The van der Waals surface area contributed by atoms with E-state index in [0.29, 0.717) is 17.6 Å². The summed E-state index contributed by atoms with van der Waals surface area (Å²) in [4.78, 5) is 39.7. The van der Waals surface area contributed by atoms with Crippen molar-refractivity contribution in [1.82, 2.24) is 5.32 Å². The van der Waals surface area contributed by atoms with Crippen LogP contribution in [0.3, 0.4) is 0 Å². The van der Waals surface area contributed by atoms with Gasteiger partial charge in [0.1, 0.15) is 24.7 Å². The van der Waals surface area contributed by atoms with E-state index in [1.807, 2.05) is 60.7 Å². The molecule has 2 aliphatic rings. The molecular formula is C33H29ClN2O5. The van der Waals surface area contributed by atoms with Crippen LogP contribution >= 0.6 is 11.6 Å². The molecule has 1 heterocycles. The van der Waals surface area contributed by atoms with Crippen LogP contribution in [0.2, 0.25) is 0 Å². The average Bonchev–Trinajstić information content (AvgIpc) is 3.53. The molecule has 6 rings (SSSR count). The molecule has 0 saturated carbocycles. The van der Waals surface area contributed by atoms with Gasteiger partial charge in [0.2, 0.25) is 5.91 Å². The average molecular weight is 569 g/mol. The quantitative estimate of drug-likeness (QED) is 0.198. The number of benzene rings is 4. The molecule has 0 radical (unpaired) electrons. The normalized spacial score (nSPS) is 16.1. The molecule has 2 unspecified atom stereocenters. The lowest BCUT2D eigenvalue weighted by atomic mass is 9.95. The second-order valence-electron chi connectivity index (χ2n) is 10.4. The van der Waals surface area contributed by atoms with Gasteiger partial charge in [0, 0.05) is 42.1 Å². The maximum atomic E-state index is 13.9. The minimum Gasteiger partial charge on any atom is -0.507 e. The minimum atomic E-state index is -0.994. The Morgan fingerprint density at radius 1 is 1.00 bits per heavy atom. The first-order valence-electron chi connectivity index (χ1n) is 13.7. The van der Waals surface area contributed by atoms with Crippen molar-refractivity contribution < 1.29 is 24.2 Å². The summed E-state index contributed by atoms with van der Waals surface area (Å²) in [6, 6.07) is 24.1. The predicted octanol–water partition coefficient (Wildman–Crippen LogP) is 6.10. The summed E-state index contributed by atoms with van der Waals surface area (Å²) in [6.45, 7) is 0.407. The number of phenolic OH excluding ortho intramolecular Hbond substituents is 1. The van der Waals surface area contributed by atoms with Gasteiger partial charge in [-0.15, -0.1) is 11.6 Å². The second kappa shape index (κ2) is 11.3. The highest BCUT2D eigenvalue weighted by Gasteiger charge is 2.38. The number of nitrogens with one attached hydrogen (secondary N) is 1. The lowest BCUT2D eigenvalue weighted by Crippen LogP contribution is -2.49. The van der Waals surface area contributed by atoms with Gasteiger partial charge in [-0.05, 0) is 39.6 Å². The Labute approximate surface area is 242 Å². The fourth-order valence-corrected chi connectivity index (χ4v) is 6.48. The first-order chi connectivity index (χ1) is 20.0. The van der Waals surface area contributed by atoms with Gasteiger partial charge in [-0.2, -0.15) is 0 Å². The summed E-state index contributed by atoms with van der Waals surface area (Å²) >= 11 is 6.33. The van der Waals surface area contributed by atoms with Crippen molar-refractivity contribution in [2.75, 3.05) is 23.9 Å². The van der Waals surface area contributed by atoms with E-state index in [9.17, 15) is 19.5 Å². The molecule has 2 atom stereocenters. The summed E-state index contributed by atoms with van der Waals surface area (Å²) in [7, 11) is 0. The second-order valence-corrected chi connectivity index (χ2v) is 10.7. The lowest BCUT2D eigenvalue weighted by Gasteiger charge is -2.25.